The molecule has 0 bridgehead atoms. The Morgan fingerprint density at radius 3 is 2.03 bits per heavy atom. The minimum atomic E-state index is -0.548. The van der Waals surface area contributed by atoms with Gasteiger partial charge in [0, 0.05) is 12.3 Å². The highest BCUT2D eigenvalue weighted by molar-refractivity contribution is 6.27. The maximum Gasteiger partial charge on any atom is 0.407 e. The van der Waals surface area contributed by atoms with Gasteiger partial charge in [-0.2, -0.15) is 0 Å². The molecular weight excluding hydrogens is 398 g/mol. The molecule has 0 heterocycles. The highest BCUT2D eigenvalue weighted by Crippen LogP contribution is 2.44. The van der Waals surface area contributed by atoms with Gasteiger partial charge in [-0.3, -0.25) is 4.79 Å². The van der Waals surface area contributed by atoms with Crippen molar-refractivity contribution >= 4 is 23.5 Å². The number of amides is 1. The number of ether oxygens (including phenoxy) is 1. The Morgan fingerprint density at radius 2 is 1.43 bits per heavy atom. The second kappa shape index (κ2) is 9.14. The van der Waals surface area contributed by atoms with Crippen molar-refractivity contribution < 1.29 is 14.3 Å². The fourth-order valence-corrected chi connectivity index (χ4v) is 4.11. The van der Waals surface area contributed by atoms with E-state index in [0.717, 1.165) is 16.7 Å². The summed E-state index contributed by atoms with van der Waals surface area (Å²) in [6, 6.07) is 25.3. The van der Waals surface area contributed by atoms with Gasteiger partial charge in [-0.25, -0.2) is 4.79 Å². The molecule has 0 aromatic heterocycles. The molecule has 0 radical (unpaired) electrons. The van der Waals surface area contributed by atoms with Crippen molar-refractivity contribution in [2.24, 2.45) is 0 Å². The normalized spacial score (nSPS) is 13.2. The van der Waals surface area contributed by atoms with Crippen molar-refractivity contribution in [3.8, 4) is 11.1 Å². The van der Waals surface area contributed by atoms with E-state index in [1.54, 1.807) is 0 Å². The van der Waals surface area contributed by atoms with E-state index >= 15 is 0 Å². The number of ketones is 1. The van der Waals surface area contributed by atoms with E-state index in [9.17, 15) is 9.59 Å². The Kier molecular flexibility index (Phi) is 6.15. The number of fused-ring (bicyclic) bond motifs is 3. The SMILES string of the molecule is O=C(CCl)C[C@H](NC(=O)OCC1c2ccccc2-c2ccccc21)c1ccccc1. The molecule has 0 fully saturated rings. The molecule has 4 nitrogen and oxygen atoms in total. The molecule has 0 saturated carbocycles. The van der Waals surface area contributed by atoms with Crippen LogP contribution in [-0.2, 0) is 9.53 Å². The Labute approximate surface area is 180 Å². The molecule has 0 spiro atoms. The van der Waals surface area contributed by atoms with Gasteiger partial charge in [0.1, 0.15) is 12.4 Å². The van der Waals surface area contributed by atoms with E-state index in [0.29, 0.717) is 0 Å². The summed E-state index contributed by atoms with van der Waals surface area (Å²) in [5, 5.41) is 2.83. The van der Waals surface area contributed by atoms with Gasteiger partial charge in [0.05, 0.1) is 11.9 Å². The Balaban J connectivity index is 1.47. The second-order valence-electron chi connectivity index (χ2n) is 7.31. The van der Waals surface area contributed by atoms with Crippen LogP contribution in [0.5, 0.6) is 0 Å². The molecular formula is C25H22ClNO3. The number of Topliss-reactive ketones (excluding diaryl/α,β-unsaturated/α-hetero) is 1. The van der Waals surface area contributed by atoms with E-state index in [4.69, 9.17) is 16.3 Å². The van der Waals surface area contributed by atoms with Gasteiger partial charge in [0.15, 0.2) is 0 Å². The zero-order valence-corrected chi connectivity index (χ0v) is 17.1. The molecule has 152 valence electrons. The van der Waals surface area contributed by atoms with Crippen molar-refractivity contribution in [1.82, 2.24) is 5.32 Å². The third kappa shape index (κ3) is 4.24. The topological polar surface area (TPSA) is 55.4 Å². The molecule has 1 aliphatic carbocycles. The average molecular weight is 420 g/mol. The summed E-state index contributed by atoms with van der Waals surface area (Å²) < 4.78 is 5.61. The number of hydrogen-bond acceptors (Lipinski definition) is 3. The predicted molar refractivity (Wildman–Crippen MR) is 118 cm³/mol. The van der Waals surface area contributed by atoms with Crippen molar-refractivity contribution in [2.45, 2.75) is 18.4 Å². The molecule has 1 amide bonds. The molecule has 1 aliphatic rings. The first-order valence-corrected chi connectivity index (χ1v) is 10.4. The average Bonchev–Trinajstić information content (AvgIpc) is 3.11. The van der Waals surface area contributed by atoms with Crippen molar-refractivity contribution in [2.75, 3.05) is 12.5 Å². The molecule has 1 atom stereocenters. The molecule has 4 rings (SSSR count). The number of halogens is 1. The van der Waals surface area contributed by atoms with Crippen LogP contribution in [0, 0.1) is 0 Å². The van der Waals surface area contributed by atoms with E-state index in [1.807, 2.05) is 54.6 Å². The van der Waals surface area contributed by atoms with Crippen LogP contribution in [-0.4, -0.2) is 24.4 Å². The number of benzene rings is 3. The number of carbonyl (C=O) groups excluding carboxylic acids is 2. The fraction of sp³-hybridized carbons (Fsp3) is 0.200. The van der Waals surface area contributed by atoms with Gasteiger partial charge in [-0.1, -0.05) is 78.9 Å². The predicted octanol–water partition coefficient (Wildman–Crippen LogP) is 5.46. The third-order valence-corrected chi connectivity index (χ3v) is 5.72. The minimum absolute atomic E-state index is 0.0113. The van der Waals surface area contributed by atoms with E-state index in [2.05, 4.69) is 29.6 Å². The van der Waals surface area contributed by atoms with Gasteiger partial charge >= 0.3 is 6.09 Å². The summed E-state index contributed by atoms with van der Waals surface area (Å²) in [4.78, 5) is 24.5. The number of hydrogen-bond donors (Lipinski definition) is 1. The van der Waals surface area contributed by atoms with E-state index < -0.39 is 12.1 Å². The molecule has 0 saturated heterocycles. The number of alkyl halides is 1. The quantitative estimate of drug-likeness (QED) is 0.517. The Bertz CT molecular complexity index is 1010. The lowest BCUT2D eigenvalue weighted by molar-refractivity contribution is -0.117. The van der Waals surface area contributed by atoms with Crippen molar-refractivity contribution in [1.29, 1.82) is 0 Å². The van der Waals surface area contributed by atoms with Gasteiger partial charge in [-0.15, -0.1) is 11.6 Å². The number of nitrogens with one attached hydrogen (secondary N) is 1. The molecule has 5 heteroatoms. The Hall–Kier alpha value is -3.11. The molecule has 0 unspecified atom stereocenters. The molecule has 3 aromatic rings. The third-order valence-electron chi connectivity index (χ3n) is 5.42. The van der Waals surface area contributed by atoms with E-state index in [1.165, 1.54) is 11.1 Å². The first-order chi connectivity index (χ1) is 14.7. The number of alkyl carbamates (subject to hydrolysis) is 1. The van der Waals surface area contributed by atoms with Crippen LogP contribution in [0.3, 0.4) is 0 Å². The maximum atomic E-state index is 12.6. The second-order valence-corrected chi connectivity index (χ2v) is 7.58. The number of rotatable bonds is 7. The van der Waals surface area contributed by atoms with Crippen LogP contribution in [0.4, 0.5) is 4.79 Å². The zero-order valence-electron chi connectivity index (χ0n) is 16.4. The maximum absolute atomic E-state index is 12.6. The lowest BCUT2D eigenvalue weighted by Gasteiger charge is -2.20. The zero-order chi connectivity index (χ0) is 20.9. The van der Waals surface area contributed by atoms with Gasteiger partial charge < -0.3 is 10.1 Å². The largest absolute Gasteiger partial charge is 0.449 e. The summed E-state index contributed by atoms with van der Waals surface area (Å²) >= 11 is 5.67. The van der Waals surface area contributed by atoms with Gasteiger partial charge in [0.25, 0.3) is 0 Å². The summed E-state index contributed by atoms with van der Waals surface area (Å²) in [7, 11) is 0. The molecule has 3 aromatic carbocycles. The summed E-state index contributed by atoms with van der Waals surface area (Å²) in [5.41, 5.74) is 5.50. The minimum Gasteiger partial charge on any atom is -0.449 e. The standard InChI is InChI=1S/C25H22ClNO3/c26-15-18(28)14-24(17-8-2-1-3-9-17)27-25(29)30-16-23-21-12-6-4-10-19(21)20-11-5-7-13-22(20)23/h1-13,23-24H,14-16H2,(H,27,29)/t24-/m0/s1. The summed E-state index contributed by atoms with van der Waals surface area (Å²) in [6.45, 7) is 0.227. The van der Waals surface area contributed by atoms with Gasteiger partial charge in [-0.05, 0) is 27.8 Å². The summed E-state index contributed by atoms with van der Waals surface area (Å²) in [5.74, 6) is -0.234. The smallest absolute Gasteiger partial charge is 0.407 e. The van der Waals surface area contributed by atoms with Crippen LogP contribution in [0.2, 0.25) is 0 Å². The van der Waals surface area contributed by atoms with Crippen LogP contribution in [0.15, 0.2) is 78.9 Å². The fourth-order valence-electron chi connectivity index (χ4n) is 4.00. The summed E-state index contributed by atoms with van der Waals surface area (Å²) in [6.07, 6.45) is -0.425. The lowest BCUT2D eigenvalue weighted by atomic mass is 9.98. The van der Waals surface area contributed by atoms with Crippen molar-refractivity contribution in [3.63, 3.8) is 0 Å². The monoisotopic (exact) mass is 419 g/mol. The van der Waals surface area contributed by atoms with Gasteiger partial charge in [0.2, 0.25) is 0 Å². The highest BCUT2D eigenvalue weighted by atomic mass is 35.5. The molecule has 30 heavy (non-hydrogen) atoms. The molecule has 1 N–H and O–H groups in total. The molecule has 0 aliphatic heterocycles. The highest BCUT2D eigenvalue weighted by Gasteiger charge is 2.29. The van der Waals surface area contributed by atoms with Crippen LogP contribution < -0.4 is 5.32 Å². The van der Waals surface area contributed by atoms with Crippen LogP contribution >= 0.6 is 11.6 Å². The Morgan fingerprint density at radius 1 is 0.867 bits per heavy atom. The van der Waals surface area contributed by atoms with Crippen LogP contribution in [0.25, 0.3) is 11.1 Å². The first kappa shape index (κ1) is 20.2. The number of carbonyl (C=O) groups is 2. The first-order valence-electron chi connectivity index (χ1n) is 9.91. The van der Waals surface area contributed by atoms with Crippen LogP contribution in [0.1, 0.15) is 35.1 Å². The van der Waals surface area contributed by atoms with E-state index in [-0.39, 0.29) is 30.6 Å². The lowest BCUT2D eigenvalue weighted by Crippen LogP contribution is -2.32. The van der Waals surface area contributed by atoms with Crippen molar-refractivity contribution in [3.05, 3.63) is 95.6 Å².